The number of hydrogen-bond donors (Lipinski definition) is 3. The Hall–Kier alpha value is -10.9. The fraction of sp³-hybridized carbons (Fsp3) is 0.420. The summed E-state index contributed by atoms with van der Waals surface area (Å²) in [7, 11) is 0. The fourth-order valence-electron chi connectivity index (χ4n) is 12.4. The summed E-state index contributed by atoms with van der Waals surface area (Å²) in [5.74, 6) is -2.64. The number of amides is 3. The molecule has 0 fully saturated rings. The van der Waals surface area contributed by atoms with E-state index in [4.69, 9.17) is 15.8 Å². The van der Waals surface area contributed by atoms with Crippen LogP contribution in [-0.4, -0.2) is 128 Å². The molecule has 0 aliphatic heterocycles. The number of carboxylic acid groups (broad SMARTS) is 2. The lowest BCUT2D eigenvalue weighted by atomic mass is 9.97. The van der Waals surface area contributed by atoms with Crippen LogP contribution in [0.4, 0.5) is 0 Å². The average molecular weight is 1580 g/mol. The summed E-state index contributed by atoms with van der Waals surface area (Å²) in [6.07, 6.45) is 6.00. The van der Waals surface area contributed by atoms with Gasteiger partial charge in [0.05, 0.1) is 23.3 Å². The number of azide groups is 2. The third-order valence-electron chi connectivity index (χ3n) is 18.8. The smallest absolute Gasteiger partial charge is 0.386 e. The Labute approximate surface area is 683 Å². The Morgan fingerprint density at radius 2 is 0.789 bits per heavy atom. The number of tetrazole rings is 1. The van der Waals surface area contributed by atoms with Gasteiger partial charge in [0.2, 0.25) is 23.5 Å². The topological polar surface area (TPSA) is 361 Å². The summed E-state index contributed by atoms with van der Waals surface area (Å²) >= 11 is -1.97. The minimum absolute atomic E-state index is 0. The fourth-order valence-corrected chi connectivity index (χ4v) is 14.5. The summed E-state index contributed by atoms with van der Waals surface area (Å²) in [5.41, 5.74) is 27.1. The van der Waals surface area contributed by atoms with Crippen molar-refractivity contribution >= 4 is 64.4 Å². The minimum atomic E-state index is -0.984. The lowest BCUT2D eigenvalue weighted by molar-refractivity contribution is -0.159. The summed E-state index contributed by atoms with van der Waals surface area (Å²) in [6.45, 7) is 26.5. The van der Waals surface area contributed by atoms with Gasteiger partial charge in [-0.05, 0) is 131 Å². The molecule has 0 bridgehead atoms. The lowest BCUT2D eigenvalue weighted by Crippen LogP contribution is -2.48. The maximum atomic E-state index is 13.3. The van der Waals surface area contributed by atoms with Crippen LogP contribution in [0.3, 0.4) is 0 Å². The quantitative estimate of drug-likeness (QED) is 0.0108. The van der Waals surface area contributed by atoms with Gasteiger partial charge in [-0.25, -0.2) is 22.6 Å². The molecule has 0 unspecified atom stereocenters. The highest BCUT2D eigenvalue weighted by molar-refractivity contribution is 6.56. The van der Waals surface area contributed by atoms with Crippen molar-refractivity contribution < 1.29 is 43.7 Å². The van der Waals surface area contributed by atoms with Crippen molar-refractivity contribution in [2.24, 2.45) is 25.9 Å². The number of nitrogens with one attached hydrogen (secondary N) is 1. The second kappa shape index (κ2) is 53.9. The molecule has 24 nitrogen and oxygen atoms in total. The Kier molecular flexibility index (Phi) is 46.0. The number of carbonyl (C=O) groups is 6. The monoisotopic (exact) mass is 1580 g/mol. The molecule has 8 rings (SSSR count). The zero-order chi connectivity index (χ0) is 83.2. The maximum Gasteiger partial charge on any atom is 0.386 e. The number of nitriles is 2. The number of aromatic amines is 1. The first-order chi connectivity index (χ1) is 54.4. The molecule has 0 spiro atoms. The molecule has 7 aromatic carbocycles. The van der Waals surface area contributed by atoms with Crippen LogP contribution in [0.15, 0.2) is 184 Å². The van der Waals surface area contributed by atoms with Gasteiger partial charge >= 0.3 is 46.6 Å². The molecule has 0 aliphatic carbocycles. The number of benzene rings is 7. The molecule has 3 N–H and O–H groups in total. The Balaban J connectivity index is 0.000000402. The highest BCUT2D eigenvalue weighted by atomic mass is 27.2. The normalized spacial score (nSPS) is 11.1. The molecule has 602 valence electrons. The van der Waals surface area contributed by atoms with Crippen LogP contribution in [0.1, 0.15) is 189 Å². The Morgan fingerprint density at radius 3 is 1.09 bits per heavy atom. The highest BCUT2D eigenvalue weighted by Gasteiger charge is 2.36. The van der Waals surface area contributed by atoms with Gasteiger partial charge in [-0.15, -0.1) is 10.2 Å². The predicted octanol–water partition coefficient (Wildman–Crippen LogP) is 20.8. The van der Waals surface area contributed by atoms with Crippen molar-refractivity contribution in [2.75, 3.05) is 0 Å². The van der Waals surface area contributed by atoms with Crippen LogP contribution >= 0.6 is 0 Å². The van der Waals surface area contributed by atoms with Gasteiger partial charge in [0, 0.05) is 44.5 Å². The SMILES string of the molecule is C.CCCCC(=O)N(Cc1ccc(-c2ccccc2-c2nn[nH]n2)cc1)[C@H](C(=O)O)C(C)C.CCCCC(=O)N(Cc1ccc(-c2ccccc2C#N)cc1)[C@H](C(=O)O)C(C)C.CCCCC(=O)N(Cc1ccc(-c2ccccc2C#N)cc1)[C@H](C(=O)OCc1ccccc1)C(C)C.C[CH2][Al]([CH2]C)[N]=[N+]=[N-].C[CH2][Al]([CH2]C)[N]=[N+]=[N-]. The first kappa shape index (κ1) is 97.3. The molecule has 0 saturated carbocycles. The van der Waals surface area contributed by atoms with Crippen LogP contribution in [0.2, 0.25) is 21.1 Å². The number of esters is 1. The molecule has 0 aliphatic rings. The number of nitrogens with zero attached hydrogens (tertiary/aromatic N) is 14. The zero-order valence-corrected chi connectivity index (χ0v) is 70.2. The molecule has 0 radical (unpaired) electrons. The molecule has 3 amide bonds. The molecule has 3 atom stereocenters. The Bertz CT molecular complexity index is 4380. The van der Waals surface area contributed by atoms with Crippen LogP contribution in [0.25, 0.3) is 65.7 Å². The average Bonchev–Trinajstić information content (AvgIpc) is 1.65. The van der Waals surface area contributed by atoms with Gasteiger partial charge in [-0.2, -0.15) is 15.7 Å². The third kappa shape index (κ3) is 31.9. The third-order valence-corrected chi connectivity index (χ3v) is 23.5. The second-order valence-electron chi connectivity index (χ2n) is 28.2. The lowest BCUT2D eigenvalue weighted by Gasteiger charge is -2.33. The molecule has 114 heavy (non-hydrogen) atoms. The largest absolute Gasteiger partial charge is 0.480 e. The zero-order valence-electron chi connectivity index (χ0n) is 67.9. The van der Waals surface area contributed by atoms with Crippen LogP contribution in [0.5, 0.6) is 0 Å². The standard InChI is InChI=1S/C31H34N2O3.C24H29N5O3.C24H28N2O3.4C2H5.CH4.2Al.2N3/c1-4-5-15-29(34)33(30(23(2)3)31(35)36-22-25-11-7-6-8-12-25)21-24-16-18-26(19-17-24)28-14-10-9-13-27(28)20-32;1-4-5-10-21(30)29(22(16(2)3)24(31)32)15-17-11-13-18(14-12-17)19-8-6-7-9-20(19)23-25-27-28-26-23;1-4-5-10-22(27)26(23(17(2)3)24(28)29)16-18-11-13-19(14-12-18)21-9-7-6-8-20(21)15-25;4*1-2;;;;2*1-3-2/h6-14,16-19,23,30H,4-5,15,21-22H2,1-3H3;6-9,11-14,16,22H,4-5,10,15H2,1-3H3,(H,31,32)(H,25,26,27,28);6-9,11-14,17,23H,4-5,10,16H2,1-3H3,(H,28,29);4*1H2,2H3;1H4;;;;/q;;;;;;;;2*+1;2*-1/t30-;22-;23-;;;;;;;;;/m000........./s1. The molecule has 1 aromatic heterocycles. The summed E-state index contributed by atoms with van der Waals surface area (Å²) in [5, 5.41) is 56.8. The number of aliphatic carboxylic acids is 2. The van der Waals surface area contributed by atoms with Crippen LogP contribution in [-0.2, 0) is 59.7 Å². The van der Waals surface area contributed by atoms with Gasteiger partial charge in [-0.3, -0.25) is 14.4 Å². The van der Waals surface area contributed by atoms with E-state index in [2.05, 4.69) is 78.5 Å². The van der Waals surface area contributed by atoms with Crippen molar-refractivity contribution in [2.45, 2.75) is 221 Å². The second-order valence-corrected chi connectivity index (χ2v) is 34.6. The number of H-pyrrole nitrogens is 1. The maximum absolute atomic E-state index is 13.3. The van der Waals surface area contributed by atoms with E-state index in [9.17, 15) is 49.5 Å². The van der Waals surface area contributed by atoms with E-state index >= 15 is 0 Å². The van der Waals surface area contributed by atoms with Gasteiger partial charge in [-0.1, -0.05) is 302 Å². The molecule has 8 aromatic rings. The number of aromatic nitrogens is 4. The van der Waals surface area contributed by atoms with Crippen molar-refractivity contribution in [3.8, 4) is 56.9 Å². The molecular formula is C88H115Al2N15O9. The highest BCUT2D eigenvalue weighted by Crippen LogP contribution is 2.32. The van der Waals surface area contributed by atoms with E-state index < -0.39 is 64.8 Å². The number of carboxylic acids is 2. The predicted molar refractivity (Wildman–Crippen MR) is 454 cm³/mol. The van der Waals surface area contributed by atoms with E-state index in [-0.39, 0.29) is 62.6 Å². The van der Waals surface area contributed by atoms with Crippen molar-refractivity contribution in [3.63, 3.8) is 0 Å². The first-order valence-electron chi connectivity index (χ1n) is 39.2. The summed E-state index contributed by atoms with van der Waals surface area (Å²) < 4.78 is 13.0. The molecule has 1 heterocycles. The van der Waals surface area contributed by atoms with Crippen molar-refractivity contribution in [1.82, 2.24) is 35.3 Å². The summed E-state index contributed by atoms with van der Waals surface area (Å²) in [4.78, 5) is 86.1. The van der Waals surface area contributed by atoms with E-state index in [1.54, 1.807) is 17.0 Å². The molecule has 0 saturated heterocycles. The van der Waals surface area contributed by atoms with Gasteiger partial charge in [0.1, 0.15) is 24.7 Å². The number of rotatable bonds is 36. The number of hydrogen-bond acceptors (Lipinski definition) is 14. The Morgan fingerprint density at radius 1 is 0.465 bits per heavy atom. The van der Waals surface area contributed by atoms with Crippen molar-refractivity contribution in [3.05, 3.63) is 230 Å². The first-order valence-corrected chi connectivity index (χ1v) is 43.5. The number of ether oxygens (including phenoxy) is 1. The summed E-state index contributed by atoms with van der Waals surface area (Å²) in [6, 6.07) is 57.4. The van der Waals surface area contributed by atoms with Crippen molar-refractivity contribution in [1.29, 1.82) is 10.5 Å². The van der Waals surface area contributed by atoms with E-state index in [0.717, 1.165) is 121 Å². The number of carbonyl (C=O) groups excluding carboxylic acids is 4. The van der Waals surface area contributed by atoms with Gasteiger partial charge < -0.3 is 29.6 Å². The minimum Gasteiger partial charge on any atom is -0.480 e. The van der Waals surface area contributed by atoms with E-state index in [1.165, 1.54) is 9.80 Å². The van der Waals surface area contributed by atoms with Gasteiger partial charge in [0.15, 0.2) is 0 Å². The molecule has 26 heteroatoms. The molecular weight excluding hydrogens is 1470 g/mol. The van der Waals surface area contributed by atoms with Crippen LogP contribution < -0.4 is 0 Å². The van der Waals surface area contributed by atoms with Gasteiger partial charge in [0.25, 0.3) is 0 Å². The number of unbranched alkanes of at least 4 members (excludes halogenated alkanes) is 3. The van der Waals surface area contributed by atoms with E-state index in [1.807, 2.05) is 226 Å². The van der Waals surface area contributed by atoms with E-state index in [0.29, 0.717) is 42.8 Å². The van der Waals surface area contributed by atoms with Crippen LogP contribution in [0, 0.1) is 40.4 Å².